The van der Waals surface area contributed by atoms with Gasteiger partial charge in [0.25, 0.3) is 10.0 Å². The average Bonchev–Trinajstić information content (AvgIpc) is 3.46. The topological polar surface area (TPSA) is 171 Å². The zero-order valence-corrected chi connectivity index (χ0v) is 19.8. The van der Waals surface area contributed by atoms with Crippen molar-refractivity contribution in [3.8, 4) is 0 Å². The van der Waals surface area contributed by atoms with Crippen molar-refractivity contribution in [2.75, 3.05) is 12.3 Å². The van der Waals surface area contributed by atoms with Gasteiger partial charge in [-0.2, -0.15) is 0 Å². The van der Waals surface area contributed by atoms with Crippen LogP contribution in [0.25, 0.3) is 11.0 Å². The number of H-pyrrole nitrogens is 1. The number of hydrogen-bond acceptors (Lipinski definition) is 7. The van der Waals surface area contributed by atoms with Crippen molar-refractivity contribution >= 4 is 33.1 Å². The van der Waals surface area contributed by atoms with Gasteiger partial charge in [0, 0.05) is 0 Å². The molecule has 1 amide bonds. The predicted octanol–water partition coefficient (Wildman–Crippen LogP) is 2.25. The number of hydrogen-bond donors (Lipinski definition) is 5. The van der Waals surface area contributed by atoms with Gasteiger partial charge >= 0.3 is 6.09 Å². The van der Waals surface area contributed by atoms with E-state index in [4.69, 9.17) is 10.6 Å². The first kappa shape index (κ1) is 24.9. The second kappa shape index (κ2) is 10.6. The Balaban J connectivity index is 1.61. The number of fused-ring (bicyclic) bond motifs is 1. The van der Waals surface area contributed by atoms with Crippen molar-refractivity contribution in [3.63, 3.8) is 0 Å². The van der Waals surface area contributed by atoms with Crippen molar-refractivity contribution in [3.05, 3.63) is 54.1 Å². The van der Waals surface area contributed by atoms with E-state index in [2.05, 4.69) is 15.3 Å². The molecule has 0 radical (unpaired) electrons. The number of nitrogens with zero attached hydrogens (tertiary/aromatic N) is 2. The Morgan fingerprint density at radius 3 is 2.63 bits per heavy atom. The number of imidazole rings is 1. The normalized spacial score (nSPS) is 16.5. The first-order valence-electron chi connectivity index (χ1n) is 11.4. The molecule has 11 nitrogen and oxygen atoms in total. The largest absolute Gasteiger partial charge is 0.465 e. The Kier molecular flexibility index (Phi) is 7.55. The van der Waals surface area contributed by atoms with Gasteiger partial charge in [-0.15, -0.1) is 0 Å². The second-order valence-electron chi connectivity index (χ2n) is 8.62. The zero-order chi connectivity index (χ0) is 25.0. The van der Waals surface area contributed by atoms with Crippen LogP contribution in [0.5, 0.6) is 0 Å². The van der Waals surface area contributed by atoms with Gasteiger partial charge in [0.2, 0.25) is 0 Å². The summed E-state index contributed by atoms with van der Waals surface area (Å²) in [6.45, 7) is -0.459. The smallest absolute Gasteiger partial charge is 0.404 e. The highest BCUT2D eigenvalue weighted by Gasteiger charge is 2.34. The highest BCUT2D eigenvalue weighted by Crippen LogP contribution is 2.27. The van der Waals surface area contributed by atoms with E-state index in [9.17, 15) is 23.4 Å². The van der Waals surface area contributed by atoms with Crippen LogP contribution < -0.4 is 11.1 Å². The number of rotatable bonds is 10. The van der Waals surface area contributed by atoms with E-state index in [-0.39, 0.29) is 23.4 Å². The minimum atomic E-state index is -4.21. The molecule has 0 bridgehead atoms. The number of aromatic amines is 1. The summed E-state index contributed by atoms with van der Waals surface area (Å²) in [5.74, 6) is 0.160. The van der Waals surface area contributed by atoms with Crippen LogP contribution in [0.2, 0.25) is 0 Å². The van der Waals surface area contributed by atoms with Crippen molar-refractivity contribution in [1.29, 1.82) is 0 Å². The van der Waals surface area contributed by atoms with E-state index in [1.165, 1.54) is 18.2 Å². The molecule has 1 fully saturated rings. The number of benzene rings is 2. The molecule has 1 heterocycles. The molecule has 2 atom stereocenters. The number of aliphatic hydroxyl groups excluding tert-OH is 1. The lowest BCUT2D eigenvalue weighted by Gasteiger charge is -2.30. The van der Waals surface area contributed by atoms with E-state index in [0.29, 0.717) is 23.9 Å². The molecule has 35 heavy (non-hydrogen) atoms. The maximum atomic E-state index is 13.6. The van der Waals surface area contributed by atoms with Gasteiger partial charge in [-0.1, -0.05) is 47.6 Å². The molecular formula is C23H29N5O6S. The first-order valence-corrected chi connectivity index (χ1v) is 12.8. The molecular weight excluding hydrogens is 474 g/mol. The van der Waals surface area contributed by atoms with Crippen LogP contribution in [0.15, 0.2) is 53.4 Å². The van der Waals surface area contributed by atoms with E-state index < -0.39 is 34.8 Å². The number of nitrogens with two attached hydrogens (primary N) is 1. The minimum Gasteiger partial charge on any atom is -0.465 e. The molecule has 12 heteroatoms. The van der Waals surface area contributed by atoms with Gasteiger partial charge < -0.3 is 26.2 Å². The van der Waals surface area contributed by atoms with Crippen LogP contribution in [-0.2, 0) is 21.3 Å². The number of anilines is 1. The lowest BCUT2D eigenvalue weighted by molar-refractivity contribution is -0.145. The number of sulfonamides is 1. The quantitative estimate of drug-likeness (QED) is 0.262. The number of nitrogens with one attached hydrogen (secondary N) is 2. The third-order valence-electron chi connectivity index (χ3n) is 6.01. The molecule has 0 unspecified atom stereocenters. The molecule has 0 spiro atoms. The fourth-order valence-electron chi connectivity index (χ4n) is 4.23. The summed E-state index contributed by atoms with van der Waals surface area (Å²) in [7, 11) is -4.21. The van der Waals surface area contributed by atoms with Crippen molar-refractivity contribution in [2.45, 2.75) is 55.2 Å². The zero-order valence-electron chi connectivity index (χ0n) is 19.0. The van der Waals surface area contributed by atoms with Crippen molar-refractivity contribution in [2.24, 2.45) is 0 Å². The van der Waals surface area contributed by atoms with Crippen LogP contribution in [0, 0.1) is 0 Å². The summed E-state index contributed by atoms with van der Waals surface area (Å²) in [5, 5.41) is 22.6. The highest BCUT2D eigenvalue weighted by molar-refractivity contribution is 7.89. The van der Waals surface area contributed by atoms with E-state index in [1.54, 1.807) is 24.3 Å². The van der Waals surface area contributed by atoms with Crippen molar-refractivity contribution < 1.29 is 28.3 Å². The summed E-state index contributed by atoms with van der Waals surface area (Å²) in [6.07, 6.45) is 0.370. The number of hydroxylamine groups is 1. The number of nitrogen functional groups attached to an aromatic ring is 1. The summed E-state index contributed by atoms with van der Waals surface area (Å²) < 4.78 is 28.0. The summed E-state index contributed by atoms with van der Waals surface area (Å²) in [6, 6.07) is 12.4. The van der Waals surface area contributed by atoms with Gasteiger partial charge in [-0.3, -0.25) is 4.84 Å². The van der Waals surface area contributed by atoms with Gasteiger partial charge in [-0.25, -0.2) is 18.2 Å². The lowest BCUT2D eigenvalue weighted by Crippen LogP contribution is -2.50. The first-order chi connectivity index (χ1) is 16.7. The minimum absolute atomic E-state index is 0.0651. The third kappa shape index (κ3) is 6.09. The molecule has 1 aromatic heterocycles. The summed E-state index contributed by atoms with van der Waals surface area (Å²) in [5.41, 5.74) is 7.43. The van der Waals surface area contributed by atoms with Crippen molar-refractivity contribution in [1.82, 2.24) is 19.8 Å². The molecule has 1 saturated carbocycles. The average molecular weight is 504 g/mol. The van der Waals surface area contributed by atoms with Gasteiger partial charge in [0.1, 0.15) is 0 Å². The van der Waals surface area contributed by atoms with Crippen LogP contribution in [0.1, 0.15) is 31.2 Å². The number of carbonyl (C=O) groups is 1. The molecule has 0 aliphatic heterocycles. The van der Waals surface area contributed by atoms with E-state index in [0.717, 1.165) is 22.9 Å². The molecule has 6 N–H and O–H groups in total. The third-order valence-corrected chi connectivity index (χ3v) is 7.64. The number of aromatic nitrogens is 2. The Morgan fingerprint density at radius 2 is 1.94 bits per heavy atom. The fourth-order valence-corrected chi connectivity index (χ4v) is 5.56. The van der Waals surface area contributed by atoms with Gasteiger partial charge in [-0.05, 0) is 43.0 Å². The molecule has 0 saturated heterocycles. The maximum absolute atomic E-state index is 13.6. The Hall–Kier alpha value is -3.19. The van der Waals surface area contributed by atoms with Gasteiger partial charge in [0.15, 0.2) is 5.95 Å². The molecule has 2 aromatic carbocycles. The standard InChI is InChI=1S/C23H29N5O6S/c24-22-25-18-11-10-17(13-19(18)26-22)35(32,33)28(34-16-8-4-5-9-16)14-21(29)20(27-23(30)31)12-15-6-2-1-3-7-15/h1-3,6-7,10-11,13,16,20-21,27,29H,4-5,8-9,12,14H2,(H,30,31)(H3,24,25,26)/t20-,21+/m0/s1. The molecule has 1 aliphatic carbocycles. The van der Waals surface area contributed by atoms with Crippen LogP contribution in [0.4, 0.5) is 10.7 Å². The van der Waals surface area contributed by atoms with Gasteiger partial charge in [0.05, 0.1) is 40.7 Å². The highest BCUT2D eigenvalue weighted by atomic mass is 32.2. The van der Waals surface area contributed by atoms with Crippen LogP contribution >= 0.6 is 0 Å². The molecule has 3 aromatic rings. The lowest BCUT2D eigenvalue weighted by atomic mass is 10.0. The molecule has 1 aliphatic rings. The van der Waals surface area contributed by atoms with Crippen LogP contribution in [0.3, 0.4) is 0 Å². The summed E-state index contributed by atoms with van der Waals surface area (Å²) in [4.78, 5) is 24.1. The Morgan fingerprint density at radius 1 is 1.23 bits per heavy atom. The Labute approximate surface area is 202 Å². The summed E-state index contributed by atoms with van der Waals surface area (Å²) >= 11 is 0. The predicted molar refractivity (Wildman–Crippen MR) is 129 cm³/mol. The second-order valence-corrected chi connectivity index (χ2v) is 10.4. The maximum Gasteiger partial charge on any atom is 0.404 e. The Bertz CT molecular complexity index is 1260. The molecule has 188 valence electrons. The number of carboxylic acid groups (broad SMARTS) is 1. The van der Waals surface area contributed by atoms with E-state index >= 15 is 0 Å². The SMILES string of the molecule is Nc1nc2ccc(S(=O)(=O)N(C[C@@H](O)[C@H](Cc3ccccc3)NC(=O)O)OC3CCCC3)cc2[nH]1. The monoisotopic (exact) mass is 503 g/mol. The molecule has 4 rings (SSSR count). The van der Waals surface area contributed by atoms with E-state index in [1.807, 2.05) is 6.07 Å². The number of amides is 1. The number of aliphatic hydroxyl groups is 1. The fraction of sp³-hybridized carbons (Fsp3) is 0.391. The van der Waals surface area contributed by atoms with Crippen LogP contribution in [-0.4, -0.2) is 64.0 Å².